The summed E-state index contributed by atoms with van der Waals surface area (Å²) in [7, 11) is -4.79. The smallest absolute Gasteiger partial charge is 0.461 e. The summed E-state index contributed by atoms with van der Waals surface area (Å²) in [6.07, 6.45) is 74.5. The molecule has 11 nitrogen and oxygen atoms in total. The van der Waals surface area contributed by atoms with Crippen LogP contribution in [0.1, 0.15) is 226 Å². The fourth-order valence-corrected chi connectivity index (χ4v) is 8.36. The first kappa shape index (κ1) is 73.6. The Balaban J connectivity index is 4.87. The van der Waals surface area contributed by atoms with Gasteiger partial charge in [-0.2, -0.15) is 0 Å². The highest BCUT2D eigenvalue weighted by atomic mass is 31.2. The van der Waals surface area contributed by atoms with Gasteiger partial charge in [-0.3, -0.25) is 23.4 Å². The highest BCUT2D eigenvalue weighted by Crippen LogP contribution is 2.43. The predicted molar refractivity (Wildman–Crippen MR) is 325 cm³/mol. The Kier molecular flexibility index (Phi) is 55.5. The number of allylic oxidation sites excluding steroid dienone is 21. The summed E-state index contributed by atoms with van der Waals surface area (Å²) in [6, 6.07) is 0. The summed E-state index contributed by atoms with van der Waals surface area (Å²) in [5, 5.41) is 9.82. The second kappa shape index (κ2) is 58.8. The maximum atomic E-state index is 12.9. The Morgan fingerprint density at radius 3 is 1.15 bits per heavy atom. The van der Waals surface area contributed by atoms with Gasteiger partial charge in [-0.15, -0.1) is 0 Å². The predicted octanol–water partition coefficient (Wildman–Crippen LogP) is 18.1. The zero-order chi connectivity index (χ0) is 56.9. The van der Waals surface area contributed by atoms with E-state index in [1.807, 2.05) is 24.3 Å². The van der Waals surface area contributed by atoms with E-state index in [0.717, 1.165) is 83.5 Å². The maximum absolute atomic E-state index is 12.9. The summed E-state index contributed by atoms with van der Waals surface area (Å²) in [6.45, 7) is 4.23. The quantitative estimate of drug-likeness (QED) is 0.0197. The van der Waals surface area contributed by atoms with Gasteiger partial charge in [-0.1, -0.05) is 231 Å². The largest absolute Gasteiger partial charge is 0.472 e. The third-order valence-electron chi connectivity index (χ3n) is 12.1. The van der Waals surface area contributed by atoms with Crippen molar-refractivity contribution in [1.29, 1.82) is 0 Å². The lowest BCUT2D eigenvalue weighted by atomic mass is 10.1. The van der Waals surface area contributed by atoms with E-state index in [0.29, 0.717) is 25.7 Å². The van der Waals surface area contributed by atoms with Crippen LogP contribution >= 0.6 is 7.82 Å². The number of aliphatic hydroxyl groups excluding tert-OH is 1. The van der Waals surface area contributed by atoms with E-state index >= 15 is 0 Å². The molecule has 3 atom stereocenters. The number of phosphoric acid groups is 1. The maximum Gasteiger partial charge on any atom is 0.472 e. The van der Waals surface area contributed by atoms with Gasteiger partial charge in [0.25, 0.3) is 0 Å². The summed E-state index contributed by atoms with van der Waals surface area (Å²) < 4.78 is 39.4. The minimum absolute atomic E-state index is 0.0159. The van der Waals surface area contributed by atoms with Crippen molar-refractivity contribution in [3.8, 4) is 0 Å². The number of hydrogen-bond acceptors (Lipinski definition) is 10. The van der Waals surface area contributed by atoms with E-state index in [1.54, 1.807) is 6.08 Å². The molecule has 0 radical (unpaired) electrons. The van der Waals surface area contributed by atoms with Gasteiger partial charge in [0.1, 0.15) is 12.7 Å². The molecule has 0 saturated carbocycles. The number of carbonyl (C=O) groups is 3. The monoisotopic (exact) mass is 1110 g/mol. The van der Waals surface area contributed by atoms with Crippen LogP contribution in [0.4, 0.5) is 0 Å². The number of carbonyl (C=O) groups excluding carboxylic acids is 3. The van der Waals surface area contributed by atoms with Gasteiger partial charge in [0.15, 0.2) is 6.10 Å². The van der Waals surface area contributed by atoms with Crippen LogP contribution in [0.15, 0.2) is 134 Å². The zero-order valence-corrected chi connectivity index (χ0v) is 49.7. The molecule has 0 spiro atoms. The molecule has 78 heavy (non-hydrogen) atoms. The molecule has 442 valence electrons. The first-order valence-corrected chi connectivity index (χ1v) is 31.6. The molecule has 0 aromatic carbocycles. The zero-order valence-electron chi connectivity index (χ0n) is 48.8. The molecular weight excluding hydrogens is 1000 g/mol. The molecule has 3 unspecified atom stereocenters. The molecular formula is C66H107O11P. The van der Waals surface area contributed by atoms with Crippen LogP contribution in [0.2, 0.25) is 0 Å². The lowest BCUT2D eigenvalue weighted by Gasteiger charge is -2.21. The van der Waals surface area contributed by atoms with Crippen LogP contribution in [0.3, 0.4) is 0 Å². The number of aliphatic hydroxyl groups is 1. The van der Waals surface area contributed by atoms with Crippen LogP contribution in [0.25, 0.3) is 0 Å². The average molecular weight is 1110 g/mol. The van der Waals surface area contributed by atoms with Gasteiger partial charge in [0.2, 0.25) is 0 Å². The summed E-state index contributed by atoms with van der Waals surface area (Å²) in [5.41, 5.74) is 0. The number of rotatable bonds is 54. The van der Waals surface area contributed by atoms with Gasteiger partial charge in [-0.05, 0) is 109 Å². The molecule has 0 aromatic rings. The van der Waals surface area contributed by atoms with E-state index in [9.17, 15) is 28.9 Å². The lowest BCUT2D eigenvalue weighted by Crippen LogP contribution is -2.30. The third kappa shape index (κ3) is 56.3. The normalized spacial score (nSPS) is 14.3. The summed E-state index contributed by atoms with van der Waals surface area (Å²) in [4.78, 5) is 48.5. The fraction of sp³-hybridized carbons (Fsp3) is 0.621. The lowest BCUT2D eigenvalue weighted by molar-refractivity contribution is -0.161. The molecule has 0 saturated heterocycles. The van der Waals surface area contributed by atoms with Crippen molar-refractivity contribution in [1.82, 2.24) is 0 Å². The van der Waals surface area contributed by atoms with Gasteiger partial charge >= 0.3 is 25.7 Å². The molecule has 0 aliphatic heterocycles. The first-order valence-electron chi connectivity index (χ1n) is 30.1. The Labute approximate surface area is 474 Å². The SMILES string of the molecule is CC/C=C\C/C=C\C/C=C\C/C=C\C/C=C\CCCC(=O)OC(CO)COP(=O)(O)OCC(COC(=O)C/C=C\C/C=C\C/C=C\C/C=C\C/C=C\CC)OC(=O)CCCCCCCCCCC/C=C\CCCCCCCC. The van der Waals surface area contributed by atoms with Crippen molar-refractivity contribution in [3.05, 3.63) is 134 Å². The molecule has 0 rings (SSSR count). The highest BCUT2D eigenvalue weighted by Gasteiger charge is 2.28. The second-order valence-electron chi connectivity index (χ2n) is 19.4. The van der Waals surface area contributed by atoms with Crippen LogP contribution in [-0.4, -0.2) is 66.5 Å². The molecule has 12 heteroatoms. The number of unbranched alkanes of at least 4 members (excludes halogenated alkanes) is 16. The van der Waals surface area contributed by atoms with Crippen molar-refractivity contribution in [3.63, 3.8) is 0 Å². The Morgan fingerprint density at radius 2 is 0.718 bits per heavy atom. The number of hydrogen-bond donors (Lipinski definition) is 2. The molecule has 0 amide bonds. The van der Waals surface area contributed by atoms with Crippen molar-refractivity contribution < 1.29 is 52.2 Å². The Hall–Kier alpha value is -4.38. The fourth-order valence-electron chi connectivity index (χ4n) is 7.58. The highest BCUT2D eigenvalue weighted by molar-refractivity contribution is 7.47. The van der Waals surface area contributed by atoms with Crippen LogP contribution in [-0.2, 0) is 42.2 Å². The van der Waals surface area contributed by atoms with Gasteiger partial charge in [0.05, 0.1) is 26.2 Å². The number of esters is 3. The van der Waals surface area contributed by atoms with Gasteiger partial charge < -0.3 is 24.2 Å². The minimum Gasteiger partial charge on any atom is -0.461 e. The van der Waals surface area contributed by atoms with E-state index < -0.39 is 64.4 Å². The molecule has 0 aliphatic carbocycles. The molecule has 0 bridgehead atoms. The minimum atomic E-state index is -4.79. The second-order valence-corrected chi connectivity index (χ2v) is 20.9. The summed E-state index contributed by atoms with van der Waals surface area (Å²) in [5.74, 6) is -1.69. The van der Waals surface area contributed by atoms with Crippen molar-refractivity contribution in [2.24, 2.45) is 0 Å². The Morgan fingerprint density at radius 1 is 0.385 bits per heavy atom. The van der Waals surface area contributed by atoms with E-state index in [-0.39, 0.29) is 19.3 Å². The molecule has 0 aromatic heterocycles. The van der Waals surface area contributed by atoms with Crippen molar-refractivity contribution >= 4 is 25.7 Å². The average Bonchev–Trinajstić information content (AvgIpc) is 3.43. The molecule has 0 heterocycles. The van der Waals surface area contributed by atoms with E-state index in [4.69, 9.17) is 23.3 Å². The summed E-state index contributed by atoms with van der Waals surface area (Å²) >= 11 is 0. The number of phosphoric ester groups is 1. The topological polar surface area (TPSA) is 155 Å². The van der Waals surface area contributed by atoms with Crippen LogP contribution in [0.5, 0.6) is 0 Å². The molecule has 0 fully saturated rings. The van der Waals surface area contributed by atoms with Gasteiger partial charge in [0, 0.05) is 12.8 Å². The van der Waals surface area contributed by atoms with Crippen molar-refractivity contribution in [2.45, 2.75) is 238 Å². The van der Waals surface area contributed by atoms with Crippen LogP contribution in [0, 0.1) is 0 Å². The van der Waals surface area contributed by atoms with E-state index in [1.165, 1.54) is 77.0 Å². The van der Waals surface area contributed by atoms with Gasteiger partial charge in [-0.25, -0.2) is 4.57 Å². The first-order chi connectivity index (χ1) is 38.2. The van der Waals surface area contributed by atoms with Crippen LogP contribution < -0.4 is 0 Å². The third-order valence-corrected chi connectivity index (χ3v) is 13.0. The standard InChI is InChI=1S/C66H107O11P/c1-4-7-10-13-16-19-22-25-28-30-31-33-36-39-42-45-48-51-54-57-66(70)77-63(59-73-64(68)55-52-49-46-43-40-37-34-27-24-21-18-15-12-9-6-3)61-75-78(71,72)74-60-62(58-67)76-65(69)56-53-50-47-44-41-38-35-32-29-26-23-20-17-14-11-8-5-2/h8-9,11-12,17-18,20-21,25-29,34-35,38,40,43-44,47,49,52,62-63,67H,4-7,10,13-16,19,22-24,30-33,36-37,39,41-42,45-46,48,50-51,53-61H2,1-3H3,(H,71,72)/b11-8-,12-9-,20-17-,21-18-,28-25-,29-26-,34-27-,38-35-,43-40-,47-44-,52-49-. The molecule has 2 N–H and O–H groups in total. The molecule has 0 aliphatic rings. The van der Waals surface area contributed by atoms with E-state index in [2.05, 4.69) is 124 Å². The Bertz CT molecular complexity index is 1820. The van der Waals surface area contributed by atoms with Crippen molar-refractivity contribution in [2.75, 3.05) is 26.4 Å². The number of ether oxygens (including phenoxy) is 3.